The second-order valence-corrected chi connectivity index (χ2v) is 7.28. The van der Waals surface area contributed by atoms with E-state index in [0.717, 1.165) is 6.42 Å². The molecule has 2 atom stereocenters. The third-order valence-electron chi connectivity index (χ3n) is 4.84. The summed E-state index contributed by atoms with van der Waals surface area (Å²) < 4.78 is 0. The van der Waals surface area contributed by atoms with E-state index in [-0.39, 0.29) is 18.0 Å². The van der Waals surface area contributed by atoms with Crippen LogP contribution in [0.2, 0.25) is 0 Å². The predicted molar refractivity (Wildman–Crippen MR) is 108 cm³/mol. The van der Waals surface area contributed by atoms with Gasteiger partial charge in [-0.05, 0) is 43.2 Å². The van der Waals surface area contributed by atoms with Crippen molar-refractivity contribution in [1.29, 1.82) is 0 Å². The van der Waals surface area contributed by atoms with Crippen molar-refractivity contribution in [3.05, 3.63) is 65.2 Å². The summed E-state index contributed by atoms with van der Waals surface area (Å²) in [6.45, 7) is 8.39. The number of hydrogen-bond donors (Lipinski definition) is 3. The standard InChI is InChI=1S/C22H29N3O2/c1-5-16-6-8-17(9-7-16)20(14(2)3)24-15(4)22(27)25-19-12-10-18(11-13-19)21(23)26/h6-15,20,24H,5H2,1-4H3,(H2,23,26)(H,25,27)/p+1/t15-,20+/m1/s1. The highest BCUT2D eigenvalue weighted by Crippen LogP contribution is 2.19. The minimum Gasteiger partial charge on any atom is -0.366 e. The van der Waals surface area contributed by atoms with E-state index in [1.807, 2.05) is 6.92 Å². The molecular formula is C22H30N3O2+. The van der Waals surface area contributed by atoms with Crippen LogP contribution in [0.15, 0.2) is 48.5 Å². The SMILES string of the molecule is CCc1ccc([C@@H]([NH2+][C@H](C)C(=O)Nc2ccc(C(N)=O)cc2)C(C)C)cc1. The summed E-state index contributed by atoms with van der Waals surface area (Å²) in [4.78, 5) is 23.7. The van der Waals surface area contributed by atoms with Crippen molar-refractivity contribution in [2.24, 2.45) is 11.7 Å². The van der Waals surface area contributed by atoms with Crippen molar-refractivity contribution >= 4 is 17.5 Å². The fourth-order valence-corrected chi connectivity index (χ4v) is 3.07. The lowest BCUT2D eigenvalue weighted by molar-refractivity contribution is -0.718. The van der Waals surface area contributed by atoms with Gasteiger partial charge in [-0.25, -0.2) is 0 Å². The second-order valence-electron chi connectivity index (χ2n) is 7.28. The van der Waals surface area contributed by atoms with Gasteiger partial charge in [0.25, 0.3) is 5.91 Å². The fourth-order valence-electron chi connectivity index (χ4n) is 3.07. The Morgan fingerprint density at radius 2 is 1.59 bits per heavy atom. The highest BCUT2D eigenvalue weighted by atomic mass is 16.2. The van der Waals surface area contributed by atoms with E-state index in [0.29, 0.717) is 17.2 Å². The average Bonchev–Trinajstić information content (AvgIpc) is 2.66. The zero-order valence-corrected chi connectivity index (χ0v) is 16.5. The van der Waals surface area contributed by atoms with Gasteiger partial charge in [-0.2, -0.15) is 0 Å². The number of nitrogens with one attached hydrogen (secondary N) is 1. The van der Waals surface area contributed by atoms with Gasteiger partial charge in [-0.3, -0.25) is 9.59 Å². The molecule has 0 saturated carbocycles. The van der Waals surface area contributed by atoms with Gasteiger partial charge in [-0.1, -0.05) is 45.0 Å². The van der Waals surface area contributed by atoms with Crippen molar-refractivity contribution in [3.63, 3.8) is 0 Å². The number of nitrogens with two attached hydrogens (primary N) is 2. The zero-order chi connectivity index (χ0) is 20.0. The average molecular weight is 369 g/mol. The maximum absolute atomic E-state index is 12.6. The molecule has 0 aliphatic carbocycles. The van der Waals surface area contributed by atoms with Crippen LogP contribution in [-0.2, 0) is 11.2 Å². The van der Waals surface area contributed by atoms with Gasteiger partial charge in [0.2, 0.25) is 5.91 Å². The molecule has 0 bridgehead atoms. The van der Waals surface area contributed by atoms with E-state index in [2.05, 4.69) is 55.7 Å². The molecule has 0 fully saturated rings. The Labute approximate surface area is 161 Å². The van der Waals surface area contributed by atoms with E-state index in [1.165, 1.54) is 11.1 Å². The van der Waals surface area contributed by atoms with E-state index < -0.39 is 5.91 Å². The Morgan fingerprint density at radius 3 is 2.07 bits per heavy atom. The summed E-state index contributed by atoms with van der Waals surface area (Å²) >= 11 is 0. The van der Waals surface area contributed by atoms with Crippen molar-refractivity contribution < 1.29 is 14.9 Å². The first-order valence-electron chi connectivity index (χ1n) is 9.46. The van der Waals surface area contributed by atoms with Crippen molar-refractivity contribution in [3.8, 4) is 0 Å². The summed E-state index contributed by atoms with van der Waals surface area (Å²) in [6.07, 6.45) is 1.02. The summed E-state index contributed by atoms with van der Waals surface area (Å²) in [5, 5.41) is 5.01. The Hall–Kier alpha value is -2.66. The Kier molecular flexibility index (Phi) is 7.13. The quantitative estimate of drug-likeness (QED) is 0.669. The maximum Gasteiger partial charge on any atom is 0.282 e. The topological polar surface area (TPSA) is 88.8 Å². The molecule has 0 heterocycles. The van der Waals surface area contributed by atoms with Gasteiger partial charge in [-0.15, -0.1) is 0 Å². The molecule has 2 aromatic rings. The van der Waals surface area contributed by atoms with Gasteiger partial charge in [0.15, 0.2) is 6.04 Å². The predicted octanol–water partition coefficient (Wildman–Crippen LogP) is 2.64. The first-order chi connectivity index (χ1) is 12.8. The Morgan fingerprint density at radius 1 is 1.00 bits per heavy atom. The lowest BCUT2D eigenvalue weighted by Gasteiger charge is -2.23. The molecule has 5 nitrogen and oxygen atoms in total. The Balaban J connectivity index is 2.04. The molecule has 2 rings (SSSR count). The van der Waals surface area contributed by atoms with Gasteiger partial charge in [0.05, 0.1) is 0 Å². The maximum atomic E-state index is 12.6. The molecule has 0 unspecified atom stereocenters. The largest absolute Gasteiger partial charge is 0.366 e. The molecular weight excluding hydrogens is 338 g/mol. The van der Waals surface area contributed by atoms with Crippen LogP contribution in [0.3, 0.4) is 0 Å². The van der Waals surface area contributed by atoms with E-state index >= 15 is 0 Å². The number of aryl methyl sites for hydroxylation is 1. The third-order valence-corrected chi connectivity index (χ3v) is 4.84. The van der Waals surface area contributed by atoms with Gasteiger partial charge in [0, 0.05) is 22.7 Å². The van der Waals surface area contributed by atoms with Gasteiger partial charge >= 0.3 is 0 Å². The molecule has 0 aliphatic heterocycles. The molecule has 0 saturated heterocycles. The van der Waals surface area contributed by atoms with Crippen molar-refractivity contribution in [2.75, 3.05) is 5.32 Å². The van der Waals surface area contributed by atoms with Crippen LogP contribution in [0.25, 0.3) is 0 Å². The summed E-state index contributed by atoms with van der Waals surface area (Å²) in [5.74, 6) is -0.163. The lowest BCUT2D eigenvalue weighted by atomic mass is 9.94. The molecule has 0 aliphatic rings. The Bertz CT molecular complexity index is 767. The molecule has 144 valence electrons. The minimum absolute atomic E-state index is 0.0716. The van der Waals surface area contributed by atoms with Crippen LogP contribution in [0, 0.1) is 5.92 Å². The monoisotopic (exact) mass is 368 g/mol. The van der Waals surface area contributed by atoms with Crippen molar-refractivity contribution in [1.82, 2.24) is 0 Å². The molecule has 0 radical (unpaired) electrons. The second kappa shape index (κ2) is 9.33. The van der Waals surface area contributed by atoms with Crippen LogP contribution in [-0.4, -0.2) is 17.9 Å². The summed E-state index contributed by atoms with van der Waals surface area (Å²) in [5.41, 5.74) is 8.85. The highest BCUT2D eigenvalue weighted by molar-refractivity contribution is 5.95. The molecule has 2 aromatic carbocycles. The molecule has 5 N–H and O–H groups in total. The number of benzene rings is 2. The molecule has 5 heteroatoms. The number of carbonyl (C=O) groups is 2. The zero-order valence-electron chi connectivity index (χ0n) is 16.5. The van der Waals surface area contributed by atoms with Gasteiger partial charge < -0.3 is 16.4 Å². The smallest absolute Gasteiger partial charge is 0.282 e. The molecule has 2 amide bonds. The number of amides is 2. The highest BCUT2D eigenvalue weighted by Gasteiger charge is 2.25. The fraction of sp³-hybridized carbons (Fsp3) is 0.364. The first-order valence-corrected chi connectivity index (χ1v) is 9.46. The minimum atomic E-state index is -0.483. The first kappa shape index (κ1) is 20.6. The van der Waals surface area contributed by atoms with Crippen LogP contribution in [0.5, 0.6) is 0 Å². The summed E-state index contributed by atoms with van der Waals surface area (Å²) in [6, 6.07) is 15.2. The van der Waals surface area contributed by atoms with Crippen LogP contribution in [0.4, 0.5) is 5.69 Å². The van der Waals surface area contributed by atoms with Crippen LogP contribution < -0.4 is 16.4 Å². The normalized spacial score (nSPS) is 13.2. The van der Waals surface area contributed by atoms with E-state index in [4.69, 9.17) is 5.73 Å². The number of anilines is 1. The van der Waals surface area contributed by atoms with E-state index in [1.54, 1.807) is 24.3 Å². The molecule has 27 heavy (non-hydrogen) atoms. The number of primary amides is 1. The molecule has 0 aromatic heterocycles. The number of carbonyl (C=O) groups excluding carboxylic acids is 2. The van der Waals surface area contributed by atoms with Crippen LogP contribution >= 0.6 is 0 Å². The van der Waals surface area contributed by atoms with Crippen LogP contribution in [0.1, 0.15) is 55.2 Å². The third kappa shape index (κ3) is 5.66. The van der Waals surface area contributed by atoms with E-state index in [9.17, 15) is 9.59 Å². The number of quaternary nitrogens is 1. The molecule has 0 spiro atoms. The number of hydrogen-bond acceptors (Lipinski definition) is 2. The lowest BCUT2D eigenvalue weighted by Crippen LogP contribution is -2.93. The van der Waals surface area contributed by atoms with Gasteiger partial charge in [0.1, 0.15) is 6.04 Å². The summed E-state index contributed by atoms with van der Waals surface area (Å²) in [7, 11) is 0. The van der Waals surface area contributed by atoms with Crippen molar-refractivity contribution in [2.45, 2.75) is 46.2 Å². The number of rotatable bonds is 8.